The van der Waals surface area contributed by atoms with Crippen LogP contribution in [-0.4, -0.2) is 31.9 Å². The van der Waals surface area contributed by atoms with E-state index in [4.69, 9.17) is 14.2 Å². The highest BCUT2D eigenvalue weighted by Crippen LogP contribution is 2.32. The highest BCUT2D eigenvalue weighted by atomic mass is 16.5. The highest BCUT2D eigenvalue weighted by Gasteiger charge is 2.07. The van der Waals surface area contributed by atoms with Gasteiger partial charge in [0, 0.05) is 17.7 Å². The first-order chi connectivity index (χ1) is 11.6. The standard InChI is InChI=1S/C19H20O5/c1-4-24-19(21)8-6-14-9-13(5-7-18(14)20)15-10-16(22-2)12-17(11-15)23-3/h5-12,20H,4H2,1-3H3/b8-6+. The van der Waals surface area contributed by atoms with Crippen molar-refractivity contribution in [1.82, 2.24) is 0 Å². The fourth-order valence-corrected chi connectivity index (χ4v) is 2.19. The number of hydrogen-bond donors (Lipinski definition) is 1. The molecule has 0 aromatic heterocycles. The number of rotatable bonds is 6. The summed E-state index contributed by atoms with van der Waals surface area (Å²) in [5.74, 6) is 0.960. The number of carbonyl (C=O) groups excluding carboxylic acids is 1. The molecule has 0 aliphatic rings. The maximum Gasteiger partial charge on any atom is 0.330 e. The molecule has 0 aliphatic heterocycles. The number of benzene rings is 2. The molecule has 2 aromatic carbocycles. The van der Waals surface area contributed by atoms with Gasteiger partial charge in [0.15, 0.2) is 0 Å². The monoisotopic (exact) mass is 328 g/mol. The van der Waals surface area contributed by atoms with Crippen LogP contribution in [-0.2, 0) is 9.53 Å². The number of carbonyl (C=O) groups is 1. The van der Waals surface area contributed by atoms with Gasteiger partial charge in [-0.1, -0.05) is 6.07 Å². The first-order valence-electron chi connectivity index (χ1n) is 7.48. The molecule has 0 saturated heterocycles. The molecule has 126 valence electrons. The van der Waals surface area contributed by atoms with Crippen molar-refractivity contribution in [2.75, 3.05) is 20.8 Å². The van der Waals surface area contributed by atoms with Crippen molar-refractivity contribution in [2.45, 2.75) is 6.92 Å². The zero-order valence-electron chi connectivity index (χ0n) is 13.9. The van der Waals surface area contributed by atoms with Crippen LogP contribution in [0.15, 0.2) is 42.5 Å². The normalized spacial score (nSPS) is 10.6. The van der Waals surface area contributed by atoms with Gasteiger partial charge in [-0.05, 0) is 48.4 Å². The highest BCUT2D eigenvalue weighted by molar-refractivity contribution is 5.88. The van der Waals surface area contributed by atoms with Crippen molar-refractivity contribution in [2.24, 2.45) is 0 Å². The van der Waals surface area contributed by atoms with Crippen LogP contribution >= 0.6 is 0 Å². The van der Waals surface area contributed by atoms with E-state index in [1.54, 1.807) is 45.4 Å². The van der Waals surface area contributed by atoms with Crippen molar-refractivity contribution < 1.29 is 24.1 Å². The van der Waals surface area contributed by atoms with Crippen LogP contribution < -0.4 is 9.47 Å². The molecule has 0 spiro atoms. The van der Waals surface area contributed by atoms with E-state index < -0.39 is 5.97 Å². The molecule has 2 aromatic rings. The summed E-state index contributed by atoms with van der Waals surface area (Å²) in [5.41, 5.74) is 2.24. The van der Waals surface area contributed by atoms with Crippen LogP contribution in [0.1, 0.15) is 12.5 Å². The van der Waals surface area contributed by atoms with Crippen LogP contribution in [0.25, 0.3) is 17.2 Å². The van der Waals surface area contributed by atoms with E-state index in [1.807, 2.05) is 12.1 Å². The summed E-state index contributed by atoms with van der Waals surface area (Å²) in [7, 11) is 3.17. The molecule has 5 nitrogen and oxygen atoms in total. The summed E-state index contributed by atoms with van der Waals surface area (Å²) < 4.78 is 15.4. The SMILES string of the molecule is CCOC(=O)/C=C/c1cc(-c2cc(OC)cc(OC)c2)ccc1O. The molecule has 0 saturated carbocycles. The van der Waals surface area contributed by atoms with E-state index in [0.29, 0.717) is 23.7 Å². The minimum Gasteiger partial charge on any atom is -0.507 e. The number of hydrogen-bond acceptors (Lipinski definition) is 5. The Hall–Kier alpha value is -2.95. The molecular formula is C19H20O5. The summed E-state index contributed by atoms with van der Waals surface area (Å²) in [5, 5.41) is 9.97. The largest absolute Gasteiger partial charge is 0.507 e. The van der Waals surface area contributed by atoms with Crippen LogP contribution in [0.5, 0.6) is 17.2 Å². The van der Waals surface area contributed by atoms with Gasteiger partial charge in [0.2, 0.25) is 0 Å². The van der Waals surface area contributed by atoms with E-state index in [0.717, 1.165) is 11.1 Å². The summed E-state index contributed by atoms with van der Waals surface area (Å²) in [4.78, 5) is 11.4. The van der Waals surface area contributed by atoms with Gasteiger partial charge in [0.1, 0.15) is 17.2 Å². The lowest BCUT2D eigenvalue weighted by molar-refractivity contribution is -0.137. The predicted molar refractivity (Wildman–Crippen MR) is 92.3 cm³/mol. The molecule has 0 heterocycles. The topological polar surface area (TPSA) is 65.0 Å². The first kappa shape index (κ1) is 17.4. The van der Waals surface area contributed by atoms with E-state index in [1.165, 1.54) is 12.2 Å². The third kappa shape index (κ3) is 4.29. The van der Waals surface area contributed by atoms with E-state index in [2.05, 4.69) is 0 Å². The Morgan fingerprint density at radius 3 is 2.29 bits per heavy atom. The third-order valence-electron chi connectivity index (χ3n) is 3.40. The van der Waals surface area contributed by atoms with Gasteiger partial charge in [-0.25, -0.2) is 4.79 Å². The summed E-state index contributed by atoms with van der Waals surface area (Å²) >= 11 is 0. The molecule has 0 fully saturated rings. The molecule has 0 unspecified atom stereocenters. The Labute approximate surface area is 141 Å². The van der Waals surface area contributed by atoms with Gasteiger partial charge in [0.05, 0.1) is 20.8 Å². The quantitative estimate of drug-likeness (QED) is 0.648. The van der Waals surface area contributed by atoms with Crippen LogP contribution in [0.3, 0.4) is 0 Å². The fraction of sp³-hybridized carbons (Fsp3) is 0.211. The van der Waals surface area contributed by atoms with Gasteiger partial charge < -0.3 is 19.3 Å². The number of phenols is 1. The van der Waals surface area contributed by atoms with Crippen LogP contribution in [0.4, 0.5) is 0 Å². The van der Waals surface area contributed by atoms with Crippen LogP contribution in [0, 0.1) is 0 Å². The average molecular weight is 328 g/mol. The number of esters is 1. The fourth-order valence-electron chi connectivity index (χ4n) is 2.19. The molecule has 0 bridgehead atoms. The van der Waals surface area contributed by atoms with Gasteiger partial charge in [0.25, 0.3) is 0 Å². The number of ether oxygens (including phenoxy) is 3. The second-order valence-corrected chi connectivity index (χ2v) is 4.96. The lowest BCUT2D eigenvalue weighted by atomic mass is 10.0. The zero-order valence-corrected chi connectivity index (χ0v) is 13.9. The van der Waals surface area contributed by atoms with Gasteiger partial charge in [-0.2, -0.15) is 0 Å². The Bertz CT molecular complexity index is 727. The lowest BCUT2D eigenvalue weighted by Gasteiger charge is -2.10. The maximum absolute atomic E-state index is 11.4. The molecular weight excluding hydrogens is 308 g/mol. The van der Waals surface area contributed by atoms with E-state index in [-0.39, 0.29) is 5.75 Å². The van der Waals surface area contributed by atoms with Gasteiger partial charge in [-0.15, -0.1) is 0 Å². The Balaban J connectivity index is 2.39. The Morgan fingerprint density at radius 1 is 1.04 bits per heavy atom. The molecule has 1 N–H and O–H groups in total. The first-order valence-corrected chi connectivity index (χ1v) is 7.48. The Kier molecular flexibility index (Phi) is 5.84. The van der Waals surface area contributed by atoms with Gasteiger partial charge >= 0.3 is 5.97 Å². The third-order valence-corrected chi connectivity index (χ3v) is 3.40. The minimum absolute atomic E-state index is 0.0779. The smallest absolute Gasteiger partial charge is 0.330 e. The minimum atomic E-state index is -0.453. The second kappa shape index (κ2) is 8.06. The molecule has 0 atom stereocenters. The van der Waals surface area contributed by atoms with Crippen molar-refractivity contribution in [3.63, 3.8) is 0 Å². The van der Waals surface area contributed by atoms with Crippen LogP contribution in [0.2, 0.25) is 0 Å². The molecule has 0 aliphatic carbocycles. The zero-order chi connectivity index (χ0) is 17.5. The van der Waals surface area contributed by atoms with Gasteiger partial charge in [-0.3, -0.25) is 0 Å². The maximum atomic E-state index is 11.4. The Morgan fingerprint density at radius 2 is 1.71 bits per heavy atom. The van der Waals surface area contributed by atoms with Crippen molar-refractivity contribution in [1.29, 1.82) is 0 Å². The summed E-state index contributed by atoms with van der Waals surface area (Å²) in [6.45, 7) is 2.04. The molecule has 24 heavy (non-hydrogen) atoms. The second-order valence-electron chi connectivity index (χ2n) is 4.96. The summed E-state index contributed by atoms with van der Waals surface area (Å²) in [6.07, 6.45) is 2.81. The molecule has 0 amide bonds. The van der Waals surface area contributed by atoms with Crippen molar-refractivity contribution in [3.05, 3.63) is 48.0 Å². The van der Waals surface area contributed by atoms with Crippen molar-refractivity contribution in [3.8, 4) is 28.4 Å². The van der Waals surface area contributed by atoms with E-state index in [9.17, 15) is 9.90 Å². The number of aromatic hydroxyl groups is 1. The molecule has 5 heteroatoms. The average Bonchev–Trinajstić information content (AvgIpc) is 2.60. The number of methoxy groups -OCH3 is 2. The van der Waals surface area contributed by atoms with E-state index >= 15 is 0 Å². The number of phenolic OH excluding ortho intramolecular Hbond substituents is 1. The lowest BCUT2D eigenvalue weighted by Crippen LogP contribution is -1.98. The molecule has 0 radical (unpaired) electrons. The predicted octanol–water partition coefficient (Wildman–Crippen LogP) is 3.65. The summed E-state index contributed by atoms with van der Waals surface area (Å²) in [6, 6.07) is 10.7. The molecule has 2 rings (SSSR count). The van der Waals surface area contributed by atoms with Crippen molar-refractivity contribution >= 4 is 12.0 Å².